The van der Waals surface area contributed by atoms with Crippen molar-refractivity contribution in [3.63, 3.8) is 0 Å². The fourth-order valence-corrected chi connectivity index (χ4v) is 5.36. The summed E-state index contributed by atoms with van der Waals surface area (Å²) in [5.74, 6) is 1.43. The largest absolute Gasteiger partial charge is 0.366 e. The molecule has 2 heterocycles. The van der Waals surface area contributed by atoms with Crippen molar-refractivity contribution in [3.8, 4) is 0 Å². The van der Waals surface area contributed by atoms with Crippen LogP contribution in [-0.4, -0.2) is 41.7 Å². The van der Waals surface area contributed by atoms with Crippen molar-refractivity contribution >= 4 is 11.8 Å². The van der Waals surface area contributed by atoms with Gasteiger partial charge >= 0.3 is 0 Å². The highest BCUT2D eigenvalue weighted by Gasteiger charge is 2.55. The Morgan fingerprint density at radius 3 is 2.57 bits per heavy atom. The van der Waals surface area contributed by atoms with Gasteiger partial charge in [-0.05, 0) is 64.2 Å². The van der Waals surface area contributed by atoms with Gasteiger partial charge in [-0.15, -0.1) is 0 Å². The average Bonchev–Trinajstić information content (AvgIpc) is 3.36. The van der Waals surface area contributed by atoms with Gasteiger partial charge in [0.1, 0.15) is 0 Å². The molecule has 0 N–H and O–H groups in total. The molecule has 2 aliphatic heterocycles. The van der Waals surface area contributed by atoms with Gasteiger partial charge in [-0.25, -0.2) is 0 Å². The van der Waals surface area contributed by atoms with E-state index in [1.165, 1.54) is 38.5 Å². The van der Waals surface area contributed by atoms with Gasteiger partial charge in [0.2, 0.25) is 0 Å². The highest BCUT2D eigenvalue weighted by atomic mass is 32.2. The number of hydrogen-bond acceptors (Lipinski definition) is 4. The zero-order valence-electron chi connectivity index (χ0n) is 13.3. The maximum absolute atomic E-state index is 5.93. The van der Waals surface area contributed by atoms with Gasteiger partial charge in [0.15, 0.2) is 6.29 Å². The minimum absolute atomic E-state index is 0.0528. The summed E-state index contributed by atoms with van der Waals surface area (Å²) in [5, 5.41) is 1.95. The Kier molecular flexibility index (Phi) is 4.02. The standard InChI is InChI=1S/C17H28O3S/c1-11(18-9-12-3-4-14-15(7-12)21-14)19-10-13-5-6-17(2)16(8-13)20-17/h11-16H,3-10H2,1-2H3. The van der Waals surface area contributed by atoms with Crippen molar-refractivity contribution in [3.05, 3.63) is 0 Å². The van der Waals surface area contributed by atoms with Gasteiger partial charge in [0, 0.05) is 10.5 Å². The van der Waals surface area contributed by atoms with Gasteiger partial charge in [0.05, 0.1) is 24.9 Å². The van der Waals surface area contributed by atoms with Crippen LogP contribution in [0.5, 0.6) is 0 Å². The first kappa shape index (κ1) is 14.8. The van der Waals surface area contributed by atoms with Gasteiger partial charge < -0.3 is 14.2 Å². The number of hydrogen-bond donors (Lipinski definition) is 0. The van der Waals surface area contributed by atoms with Crippen LogP contribution in [0.15, 0.2) is 0 Å². The molecule has 7 atom stereocenters. The molecular weight excluding hydrogens is 284 g/mol. The molecule has 0 aromatic rings. The van der Waals surface area contributed by atoms with Gasteiger partial charge in [-0.1, -0.05) is 0 Å². The quantitative estimate of drug-likeness (QED) is 0.554. The highest BCUT2D eigenvalue weighted by molar-refractivity contribution is 8.07. The Labute approximate surface area is 132 Å². The van der Waals surface area contributed by atoms with Gasteiger partial charge in [-0.3, -0.25) is 0 Å². The van der Waals surface area contributed by atoms with E-state index >= 15 is 0 Å². The third-order valence-electron chi connectivity index (χ3n) is 5.88. The summed E-state index contributed by atoms with van der Waals surface area (Å²) in [6.07, 6.45) is 8.17. The molecule has 0 radical (unpaired) electrons. The molecule has 4 aliphatic rings. The molecule has 2 saturated carbocycles. The average molecular weight is 312 g/mol. The molecule has 7 unspecified atom stereocenters. The minimum Gasteiger partial charge on any atom is -0.366 e. The highest BCUT2D eigenvalue weighted by Crippen LogP contribution is 2.52. The molecule has 0 amide bonds. The van der Waals surface area contributed by atoms with Gasteiger partial charge in [-0.2, -0.15) is 11.8 Å². The Balaban J connectivity index is 1.11. The Morgan fingerprint density at radius 1 is 1.10 bits per heavy atom. The lowest BCUT2D eigenvalue weighted by atomic mass is 9.83. The Morgan fingerprint density at radius 2 is 1.86 bits per heavy atom. The van der Waals surface area contributed by atoms with Crippen molar-refractivity contribution in [1.82, 2.24) is 0 Å². The molecule has 0 aromatic heterocycles. The molecule has 3 nitrogen and oxygen atoms in total. The fourth-order valence-electron chi connectivity index (χ4n) is 4.10. The van der Waals surface area contributed by atoms with E-state index in [2.05, 4.69) is 25.6 Å². The van der Waals surface area contributed by atoms with E-state index in [9.17, 15) is 0 Å². The second kappa shape index (κ2) is 5.70. The van der Waals surface area contributed by atoms with Crippen LogP contribution in [0.4, 0.5) is 0 Å². The predicted molar refractivity (Wildman–Crippen MR) is 84.5 cm³/mol. The molecule has 0 bridgehead atoms. The van der Waals surface area contributed by atoms with Crippen LogP contribution in [-0.2, 0) is 14.2 Å². The Hall–Kier alpha value is 0.230. The minimum atomic E-state index is -0.0528. The van der Waals surface area contributed by atoms with E-state index in [0.717, 1.165) is 29.6 Å². The summed E-state index contributed by atoms with van der Waals surface area (Å²) < 4.78 is 17.6. The molecule has 2 saturated heterocycles. The van der Waals surface area contributed by atoms with Crippen LogP contribution >= 0.6 is 11.8 Å². The summed E-state index contributed by atoms with van der Waals surface area (Å²) in [4.78, 5) is 0. The van der Waals surface area contributed by atoms with Crippen LogP contribution in [0.1, 0.15) is 52.4 Å². The first-order valence-electron chi connectivity index (χ1n) is 8.69. The van der Waals surface area contributed by atoms with E-state index in [-0.39, 0.29) is 11.9 Å². The van der Waals surface area contributed by atoms with Crippen molar-refractivity contribution in [1.29, 1.82) is 0 Å². The van der Waals surface area contributed by atoms with Crippen molar-refractivity contribution < 1.29 is 14.2 Å². The van der Waals surface area contributed by atoms with Crippen molar-refractivity contribution in [2.45, 2.75) is 80.9 Å². The lowest BCUT2D eigenvalue weighted by molar-refractivity contribution is -0.148. The van der Waals surface area contributed by atoms with Crippen LogP contribution < -0.4 is 0 Å². The number of rotatable bonds is 6. The molecule has 4 fully saturated rings. The van der Waals surface area contributed by atoms with Crippen LogP contribution in [0.2, 0.25) is 0 Å². The third kappa shape index (κ3) is 3.44. The van der Waals surface area contributed by atoms with Crippen LogP contribution in [0.25, 0.3) is 0 Å². The molecule has 4 heteroatoms. The smallest absolute Gasteiger partial charge is 0.154 e. The third-order valence-corrected chi connectivity index (χ3v) is 7.35. The summed E-state index contributed by atoms with van der Waals surface area (Å²) in [7, 11) is 0. The zero-order valence-corrected chi connectivity index (χ0v) is 14.1. The van der Waals surface area contributed by atoms with E-state index in [0.29, 0.717) is 12.0 Å². The lowest BCUT2D eigenvalue weighted by Gasteiger charge is -2.25. The molecular formula is C17H28O3S. The van der Waals surface area contributed by atoms with E-state index in [1.54, 1.807) is 0 Å². The summed E-state index contributed by atoms with van der Waals surface area (Å²) in [6, 6.07) is 0. The van der Waals surface area contributed by atoms with Crippen LogP contribution in [0.3, 0.4) is 0 Å². The van der Waals surface area contributed by atoms with E-state index in [1.807, 2.05) is 0 Å². The first-order valence-corrected chi connectivity index (χ1v) is 9.63. The summed E-state index contributed by atoms with van der Waals surface area (Å²) >= 11 is 2.17. The second-order valence-corrected chi connectivity index (χ2v) is 9.17. The number of fused-ring (bicyclic) bond motifs is 2. The lowest BCUT2D eigenvalue weighted by Crippen LogP contribution is -2.27. The molecule has 120 valence electrons. The zero-order chi connectivity index (χ0) is 14.4. The molecule has 0 aromatic carbocycles. The fraction of sp³-hybridized carbons (Fsp3) is 1.00. The maximum Gasteiger partial charge on any atom is 0.154 e. The first-order chi connectivity index (χ1) is 10.1. The van der Waals surface area contributed by atoms with E-state index < -0.39 is 0 Å². The normalized spacial score (nSPS) is 49.1. The second-order valence-electron chi connectivity index (χ2n) is 7.69. The summed E-state index contributed by atoms with van der Waals surface area (Å²) in [5.41, 5.74) is 0.221. The molecule has 2 aliphatic carbocycles. The number of thioether (sulfide) groups is 1. The molecule has 21 heavy (non-hydrogen) atoms. The molecule has 0 spiro atoms. The topological polar surface area (TPSA) is 31.0 Å². The molecule has 4 rings (SSSR count). The maximum atomic E-state index is 5.93. The number of ether oxygens (including phenoxy) is 3. The van der Waals surface area contributed by atoms with E-state index in [4.69, 9.17) is 14.2 Å². The summed E-state index contributed by atoms with van der Waals surface area (Å²) in [6.45, 7) is 6.02. The SMILES string of the molecule is CC(OCC1CCC2SC2C1)OCC1CCC2(C)OC2C1. The number of epoxide rings is 1. The monoisotopic (exact) mass is 312 g/mol. The van der Waals surface area contributed by atoms with Crippen molar-refractivity contribution in [2.75, 3.05) is 13.2 Å². The Bertz CT molecular complexity index is 390. The van der Waals surface area contributed by atoms with Crippen molar-refractivity contribution in [2.24, 2.45) is 11.8 Å². The van der Waals surface area contributed by atoms with Crippen LogP contribution in [0, 0.1) is 11.8 Å². The predicted octanol–water partition coefficient (Wildman–Crippen LogP) is 3.61. The van der Waals surface area contributed by atoms with Gasteiger partial charge in [0.25, 0.3) is 0 Å².